The Kier molecular flexibility index (Phi) is 9.45. The number of alkyl halides is 3. The lowest BCUT2D eigenvalue weighted by atomic mass is 9.91. The molecular weight excluding hydrogens is 429 g/mol. The number of hydrogen-bond donors (Lipinski definition) is 1. The van der Waals surface area contributed by atoms with Gasteiger partial charge < -0.3 is 19.5 Å². The van der Waals surface area contributed by atoms with Crippen LogP contribution in [0.3, 0.4) is 0 Å². The number of carboxylic acid groups (broad SMARTS) is 1. The highest BCUT2D eigenvalue weighted by atomic mass is 19.4. The van der Waals surface area contributed by atoms with Crippen molar-refractivity contribution in [1.29, 1.82) is 0 Å². The van der Waals surface area contributed by atoms with Crippen molar-refractivity contribution in [2.45, 2.75) is 52.5 Å². The van der Waals surface area contributed by atoms with Crippen molar-refractivity contribution in [3.05, 3.63) is 29.6 Å². The van der Waals surface area contributed by atoms with Gasteiger partial charge in [0.2, 0.25) is 5.91 Å². The second kappa shape index (κ2) is 11.6. The molecule has 0 aromatic carbocycles. The summed E-state index contributed by atoms with van der Waals surface area (Å²) in [5.41, 5.74) is 2.00. The lowest BCUT2D eigenvalue weighted by Gasteiger charge is -2.20. The molecule has 0 spiro atoms. The van der Waals surface area contributed by atoms with Crippen LogP contribution < -0.4 is 0 Å². The standard InChI is InChI=1S/C20H30N2O3.C2HF3O2/c1-14(2)9-20(23)22-10-18-16(12-25-19(18)11-22)7-8-24-13-17-6-4-5-15(3)21-17;3-2(4,5)1(6)7/h4-6,14,16,18-19H,7-13H2,1-3H3;(H,6,7)/t16-,18-,19-;/m0./s1. The smallest absolute Gasteiger partial charge is 0.475 e. The molecule has 32 heavy (non-hydrogen) atoms. The van der Waals surface area contributed by atoms with E-state index in [2.05, 4.69) is 18.8 Å². The van der Waals surface area contributed by atoms with Crippen LogP contribution >= 0.6 is 0 Å². The Morgan fingerprint density at radius 1 is 1.31 bits per heavy atom. The van der Waals surface area contributed by atoms with Gasteiger partial charge in [-0.25, -0.2) is 4.79 Å². The number of rotatable bonds is 7. The van der Waals surface area contributed by atoms with E-state index in [1.165, 1.54) is 0 Å². The molecule has 3 atom stereocenters. The second-order valence-electron chi connectivity index (χ2n) is 8.61. The average Bonchev–Trinajstić information content (AvgIpc) is 3.26. The molecule has 3 rings (SSSR count). The predicted octanol–water partition coefficient (Wildman–Crippen LogP) is 3.45. The minimum atomic E-state index is -5.08. The average molecular weight is 460 g/mol. The zero-order valence-electron chi connectivity index (χ0n) is 18.6. The van der Waals surface area contributed by atoms with E-state index in [9.17, 15) is 18.0 Å². The fraction of sp³-hybridized carbons (Fsp3) is 0.682. The van der Waals surface area contributed by atoms with Gasteiger partial charge in [0, 0.05) is 37.7 Å². The Morgan fingerprint density at radius 3 is 2.59 bits per heavy atom. The summed E-state index contributed by atoms with van der Waals surface area (Å²) in [5.74, 6) is -1.11. The Morgan fingerprint density at radius 2 is 2.00 bits per heavy atom. The molecule has 0 unspecified atom stereocenters. The summed E-state index contributed by atoms with van der Waals surface area (Å²) in [4.78, 5) is 27.6. The van der Waals surface area contributed by atoms with Gasteiger partial charge >= 0.3 is 12.1 Å². The Hall–Kier alpha value is -2.20. The van der Waals surface area contributed by atoms with E-state index in [0.717, 1.165) is 37.5 Å². The van der Waals surface area contributed by atoms with Crippen LogP contribution in [0.5, 0.6) is 0 Å². The minimum Gasteiger partial charge on any atom is -0.475 e. The van der Waals surface area contributed by atoms with Crippen LogP contribution in [0.2, 0.25) is 0 Å². The number of carbonyl (C=O) groups is 2. The summed E-state index contributed by atoms with van der Waals surface area (Å²) in [7, 11) is 0. The maximum atomic E-state index is 12.3. The highest BCUT2D eigenvalue weighted by Gasteiger charge is 2.44. The number of carbonyl (C=O) groups excluding carboxylic acids is 1. The van der Waals surface area contributed by atoms with Crippen molar-refractivity contribution in [2.75, 3.05) is 26.3 Å². The summed E-state index contributed by atoms with van der Waals surface area (Å²) in [6.07, 6.45) is -3.24. The molecule has 3 heterocycles. The lowest BCUT2D eigenvalue weighted by molar-refractivity contribution is -0.192. The van der Waals surface area contributed by atoms with E-state index in [4.69, 9.17) is 19.4 Å². The number of nitrogens with zero attached hydrogens (tertiary/aromatic N) is 2. The van der Waals surface area contributed by atoms with Gasteiger partial charge in [-0.15, -0.1) is 0 Å². The number of carboxylic acids is 1. The summed E-state index contributed by atoms with van der Waals surface area (Å²) in [5, 5.41) is 7.12. The van der Waals surface area contributed by atoms with E-state index in [1.54, 1.807) is 0 Å². The monoisotopic (exact) mass is 460 g/mol. The Bertz CT molecular complexity index is 772. The van der Waals surface area contributed by atoms with Gasteiger partial charge in [-0.1, -0.05) is 19.9 Å². The molecule has 1 amide bonds. The number of likely N-dealkylation sites (tertiary alicyclic amines) is 1. The summed E-state index contributed by atoms with van der Waals surface area (Å²) in [6.45, 7) is 9.86. The zero-order chi connectivity index (χ0) is 23.9. The summed E-state index contributed by atoms with van der Waals surface area (Å²) >= 11 is 0. The topological polar surface area (TPSA) is 89.0 Å². The first-order valence-electron chi connectivity index (χ1n) is 10.7. The first kappa shape index (κ1) is 26.1. The van der Waals surface area contributed by atoms with Crippen molar-refractivity contribution < 1.29 is 37.3 Å². The Balaban J connectivity index is 0.000000451. The SMILES string of the molecule is Cc1cccc(COCC[C@H]2CO[C@H]3CN(C(=O)CC(C)C)C[C@@H]23)n1.O=C(O)C(F)(F)F. The van der Waals surface area contributed by atoms with E-state index in [0.29, 0.717) is 37.4 Å². The number of aromatic nitrogens is 1. The molecule has 0 radical (unpaired) electrons. The van der Waals surface area contributed by atoms with Crippen LogP contribution in [0.25, 0.3) is 0 Å². The number of ether oxygens (including phenoxy) is 2. The van der Waals surface area contributed by atoms with Crippen molar-refractivity contribution in [1.82, 2.24) is 9.88 Å². The largest absolute Gasteiger partial charge is 0.490 e. The van der Waals surface area contributed by atoms with Gasteiger partial charge in [-0.3, -0.25) is 9.78 Å². The fourth-order valence-corrected chi connectivity index (χ4v) is 3.87. The first-order chi connectivity index (χ1) is 15.0. The predicted molar refractivity (Wildman–Crippen MR) is 110 cm³/mol. The van der Waals surface area contributed by atoms with Gasteiger partial charge in [0.25, 0.3) is 0 Å². The number of aliphatic carboxylic acids is 1. The van der Waals surface area contributed by atoms with Gasteiger partial charge in [0.1, 0.15) is 0 Å². The molecule has 0 bridgehead atoms. The molecule has 0 saturated carbocycles. The van der Waals surface area contributed by atoms with Gasteiger partial charge in [0.15, 0.2) is 0 Å². The van der Waals surface area contributed by atoms with Crippen molar-refractivity contribution in [3.63, 3.8) is 0 Å². The van der Waals surface area contributed by atoms with Crippen LogP contribution in [0.4, 0.5) is 13.2 Å². The summed E-state index contributed by atoms with van der Waals surface area (Å²) in [6, 6.07) is 6.00. The fourth-order valence-electron chi connectivity index (χ4n) is 3.87. The second-order valence-corrected chi connectivity index (χ2v) is 8.61. The lowest BCUT2D eigenvalue weighted by Crippen LogP contribution is -2.32. The summed E-state index contributed by atoms with van der Waals surface area (Å²) < 4.78 is 43.5. The molecule has 2 aliphatic rings. The highest BCUT2D eigenvalue weighted by Crippen LogP contribution is 2.35. The molecule has 2 aliphatic heterocycles. The third-order valence-electron chi connectivity index (χ3n) is 5.45. The van der Waals surface area contributed by atoms with E-state index < -0.39 is 12.1 Å². The van der Waals surface area contributed by atoms with Crippen molar-refractivity contribution in [3.8, 4) is 0 Å². The number of pyridine rings is 1. The highest BCUT2D eigenvalue weighted by molar-refractivity contribution is 5.76. The maximum absolute atomic E-state index is 12.3. The normalized spacial score (nSPS) is 22.5. The number of hydrogen-bond acceptors (Lipinski definition) is 5. The molecular formula is C22H31F3N2O5. The van der Waals surface area contributed by atoms with Crippen molar-refractivity contribution >= 4 is 11.9 Å². The third kappa shape index (κ3) is 8.05. The van der Waals surface area contributed by atoms with E-state index >= 15 is 0 Å². The first-order valence-corrected chi connectivity index (χ1v) is 10.7. The van der Waals surface area contributed by atoms with E-state index in [1.807, 2.05) is 30.0 Å². The third-order valence-corrected chi connectivity index (χ3v) is 5.45. The molecule has 2 saturated heterocycles. The van der Waals surface area contributed by atoms with Crippen LogP contribution in [-0.2, 0) is 25.7 Å². The molecule has 2 fully saturated rings. The molecule has 1 N–H and O–H groups in total. The molecule has 7 nitrogen and oxygen atoms in total. The van der Waals surface area contributed by atoms with Gasteiger partial charge in [-0.05, 0) is 37.3 Å². The van der Waals surface area contributed by atoms with Crippen LogP contribution in [0.1, 0.15) is 38.1 Å². The molecule has 1 aromatic heterocycles. The van der Waals surface area contributed by atoms with Crippen molar-refractivity contribution in [2.24, 2.45) is 17.8 Å². The van der Waals surface area contributed by atoms with Gasteiger partial charge in [-0.2, -0.15) is 13.2 Å². The Labute approximate surface area is 185 Å². The number of halogens is 3. The molecule has 1 aromatic rings. The molecule has 0 aliphatic carbocycles. The van der Waals surface area contributed by atoms with E-state index in [-0.39, 0.29) is 12.0 Å². The number of amides is 1. The van der Waals surface area contributed by atoms with Gasteiger partial charge in [0.05, 0.1) is 25.0 Å². The number of fused-ring (bicyclic) bond motifs is 1. The molecule has 180 valence electrons. The minimum absolute atomic E-state index is 0.222. The van der Waals surface area contributed by atoms with Crippen LogP contribution in [-0.4, -0.2) is 65.5 Å². The zero-order valence-corrected chi connectivity index (χ0v) is 18.6. The van der Waals surface area contributed by atoms with Crippen LogP contribution in [0, 0.1) is 24.7 Å². The quantitative estimate of drug-likeness (QED) is 0.627. The number of aryl methyl sites for hydroxylation is 1. The molecule has 10 heteroatoms. The van der Waals surface area contributed by atoms with Crippen LogP contribution in [0.15, 0.2) is 18.2 Å². The maximum Gasteiger partial charge on any atom is 0.490 e.